The predicted molar refractivity (Wildman–Crippen MR) is 26.5 cm³/mol. The van der Waals surface area contributed by atoms with Crippen molar-refractivity contribution in [3.05, 3.63) is 5.92 Å². The van der Waals surface area contributed by atoms with Gasteiger partial charge in [-0.15, -0.1) is 0 Å². The van der Waals surface area contributed by atoms with Gasteiger partial charge in [0.1, 0.15) is 0 Å². The second-order valence-corrected chi connectivity index (χ2v) is 1.72. The maximum atomic E-state index is 12.0. The van der Waals surface area contributed by atoms with Crippen molar-refractivity contribution < 1.29 is 13.5 Å². The Balaban J connectivity index is 3.71. The van der Waals surface area contributed by atoms with Gasteiger partial charge in [-0.25, -0.2) is 0 Å². The van der Waals surface area contributed by atoms with E-state index in [9.17, 15) is 8.78 Å². The highest BCUT2D eigenvalue weighted by Crippen LogP contribution is 2.25. The molecule has 0 heterocycles. The number of hydrogen-bond acceptors (Lipinski definition) is 1. The van der Waals surface area contributed by atoms with Crippen LogP contribution in [-0.2, 0) is 4.74 Å². The lowest BCUT2D eigenvalue weighted by atomic mass is 10.2. The average molecular weight is 123 g/mol. The normalized spacial score (nSPS) is 12.8. The molecular weight excluding hydrogens is 114 g/mol. The number of ether oxygens (including phenoxy) is 1. The van der Waals surface area contributed by atoms with Crippen LogP contribution in [0.3, 0.4) is 0 Å². The minimum absolute atomic E-state index is 0.0278. The third-order valence-corrected chi connectivity index (χ3v) is 0.838. The summed E-state index contributed by atoms with van der Waals surface area (Å²) in [6, 6.07) is 0. The summed E-state index contributed by atoms with van der Waals surface area (Å²) in [5.41, 5.74) is 0. The quantitative estimate of drug-likeness (QED) is 0.544. The molecule has 0 aromatic heterocycles. The Morgan fingerprint density at radius 1 is 1.38 bits per heavy atom. The Bertz CT molecular complexity index is 70.8. The zero-order valence-corrected chi connectivity index (χ0v) is 5.16. The van der Waals surface area contributed by atoms with E-state index in [4.69, 9.17) is 0 Å². The van der Waals surface area contributed by atoms with Gasteiger partial charge in [-0.05, 0) is 0 Å². The number of hydrogen-bond donors (Lipinski definition) is 0. The Kier molecular flexibility index (Phi) is 2.34. The molecule has 49 valence electrons. The number of rotatable bonds is 2. The standard InChI is InChI=1S/C5H9F2O/c1-4(2)5(6,7)8-3/h1-3H3. The van der Waals surface area contributed by atoms with E-state index in [2.05, 4.69) is 4.74 Å². The van der Waals surface area contributed by atoms with E-state index in [1.165, 1.54) is 13.8 Å². The zero-order valence-electron chi connectivity index (χ0n) is 5.16. The first-order valence-corrected chi connectivity index (χ1v) is 2.24. The van der Waals surface area contributed by atoms with E-state index >= 15 is 0 Å². The molecule has 0 aliphatic heterocycles. The van der Waals surface area contributed by atoms with Crippen LogP contribution in [0.4, 0.5) is 8.78 Å². The van der Waals surface area contributed by atoms with Gasteiger partial charge >= 0.3 is 6.11 Å². The first kappa shape index (κ1) is 7.82. The molecule has 0 aliphatic rings. The van der Waals surface area contributed by atoms with Crippen LogP contribution in [0.2, 0.25) is 0 Å². The zero-order chi connectivity index (χ0) is 6.78. The van der Waals surface area contributed by atoms with E-state index < -0.39 is 6.11 Å². The van der Waals surface area contributed by atoms with Gasteiger partial charge in [0.15, 0.2) is 0 Å². The minimum Gasteiger partial charge on any atom is -0.323 e. The Morgan fingerprint density at radius 2 is 1.75 bits per heavy atom. The topological polar surface area (TPSA) is 9.23 Å². The summed E-state index contributed by atoms with van der Waals surface area (Å²) in [4.78, 5) is 0. The van der Waals surface area contributed by atoms with Crippen LogP contribution in [0, 0.1) is 5.92 Å². The summed E-state index contributed by atoms with van der Waals surface area (Å²) in [6.07, 6.45) is -3.04. The van der Waals surface area contributed by atoms with E-state index in [0.717, 1.165) is 7.11 Å². The van der Waals surface area contributed by atoms with Gasteiger partial charge in [0.25, 0.3) is 0 Å². The summed E-state index contributed by atoms with van der Waals surface area (Å²) in [7, 11) is 0.979. The fourth-order valence-corrected chi connectivity index (χ4v) is 0.204. The maximum absolute atomic E-state index is 12.0. The van der Waals surface area contributed by atoms with Crippen molar-refractivity contribution in [3.8, 4) is 0 Å². The van der Waals surface area contributed by atoms with Crippen LogP contribution in [0.5, 0.6) is 0 Å². The van der Waals surface area contributed by atoms with Crippen molar-refractivity contribution in [2.75, 3.05) is 7.11 Å². The van der Waals surface area contributed by atoms with Crippen LogP contribution in [0.25, 0.3) is 0 Å². The van der Waals surface area contributed by atoms with Crippen LogP contribution in [0.15, 0.2) is 0 Å². The smallest absolute Gasteiger partial charge is 0.323 e. The lowest BCUT2D eigenvalue weighted by Gasteiger charge is -2.16. The molecule has 0 aromatic carbocycles. The Morgan fingerprint density at radius 3 is 1.75 bits per heavy atom. The molecular formula is C5H9F2O. The highest BCUT2D eigenvalue weighted by atomic mass is 19.3. The van der Waals surface area contributed by atoms with Crippen LogP contribution in [0.1, 0.15) is 13.8 Å². The molecule has 0 spiro atoms. The molecule has 1 nitrogen and oxygen atoms in total. The van der Waals surface area contributed by atoms with Gasteiger partial charge < -0.3 is 4.74 Å². The highest BCUT2D eigenvalue weighted by molar-refractivity contribution is 4.86. The lowest BCUT2D eigenvalue weighted by Crippen LogP contribution is -2.23. The van der Waals surface area contributed by atoms with Crippen molar-refractivity contribution in [2.45, 2.75) is 20.0 Å². The fourth-order valence-electron chi connectivity index (χ4n) is 0.204. The average Bonchev–Trinajstić information content (AvgIpc) is 1.67. The molecule has 0 unspecified atom stereocenters. The van der Waals surface area contributed by atoms with Crippen molar-refractivity contribution in [1.29, 1.82) is 0 Å². The van der Waals surface area contributed by atoms with Gasteiger partial charge in [-0.2, -0.15) is 8.78 Å². The summed E-state index contributed by atoms with van der Waals surface area (Å²) in [6.45, 7) is 2.65. The lowest BCUT2D eigenvalue weighted by molar-refractivity contribution is -0.206. The molecule has 8 heavy (non-hydrogen) atoms. The van der Waals surface area contributed by atoms with Crippen molar-refractivity contribution >= 4 is 0 Å². The van der Waals surface area contributed by atoms with Gasteiger partial charge in [-0.1, -0.05) is 13.8 Å². The van der Waals surface area contributed by atoms with Crippen molar-refractivity contribution in [2.24, 2.45) is 0 Å². The van der Waals surface area contributed by atoms with E-state index in [0.29, 0.717) is 0 Å². The molecule has 0 atom stereocenters. The molecule has 0 N–H and O–H groups in total. The maximum Gasteiger partial charge on any atom is 0.361 e. The number of methoxy groups -OCH3 is 1. The second-order valence-electron chi connectivity index (χ2n) is 1.72. The first-order valence-electron chi connectivity index (χ1n) is 2.24. The summed E-state index contributed by atoms with van der Waals surface area (Å²) >= 11 is 0. The molecule has 0 amide bonds. The van der Waals surface area contributed by atoms with E-state index in [1.54, 1.807) is 0 Å². The number of alkyl halides is 2. The second kappa shape index (κ2) is 2.40. The minimum atomic E-state index is -3.04. The summed E-state index contributed by atoms with van der Waals surface area (Å²) in [5, 5.41) is 0. The first-order chi connectivity index (χ1) is 3.50. The van der Waals surface area contributed by atoms with Crippen LogP contribution < -0.4 is 0 Å². The monoisotopic (exact) mass is 123 g/mol. The highest BCUT2D eigenvalue weighted by Gasteiger charge is 2.33. The van der Waals surface area contributed by atoms with Crippen molar-refractivity contribution in [3.63, 3.8) is 0 Å². The van der Waals surface area contributed by atoms with Gasteiger partial charge in [0, 0.05) is 7.11 Å². The van der Waals surface area contributed by atoms with Crippen LogP contribution in [-0.4, -0.2) is 13.2 Å². The van der Waals surface area contributed by atoms with Crippen LogP contribution >= 0.6 is 0 Å². The molecule has 3 heteroatoms. The summed E-state index contributed by atoms with van der Waals surface area (Å²) in [5.74, 6) is -0.0278. The Labute approximate surface area is 47.6 Å². The van der Waals surface area contributed by atoms with Gasteiger partial charge in [-0.3, -0.25) is 0 Å². The third kappa shape index (κ3) is 1.74. The molecule has 0 saturated carbocycles. The Hall–Kier alpha value is -0.180. The molecule has 0 aromatic rings. The fraction of sp³-hybridized carbons (Fsp3) is 0.800. The number of halogens is 2. The predicted octanol–water partition coefficient (Wildman–Crippen LogP) is 1.84. The summed E-state index contributed by atoms with van der Waals surface area (Å²) < 4.78 is 27.9. The molecule has 0 saturated heterocycles. The molecule has 0 fully saturated rings. The SMILES string of the molecule is COC(F)(F)[C](C)C. The molecule has 0 rings (SSSR count). The van der Waals surface area contributed by atoms with E-state index in [-0.39, 0.29) is 5.92 Å². The molecule has 0 bridgehead atoms. The third-order valence-electron chi connectivity index (χ3n) is 0.838. The van der Waals surface area contributed by atoms with Gasteiger partial charge in [0.2, 0.25) is 0 Å². The molecule has 1 radical (unpaired) electrons. The molecule has 0 aliphatic carbocycles. The van der Waals surface area contributed by atoms with E-state index in [1.807, 2.05) is 0 Å². The van der Waals surface area contributed by atoms with Crippen molar-refractivity contribution in [1.82, 2.24) is 0 Å². The van der Waals surface area contributed by atoms with Gasteiger partial charge in [0.05, 0.1) is 5.92 Å². The largest absolute Gasteiger partial charge is 0.361 e.